The molecule has 21 heavy (non-hydrogen) atoms. The monoisotopic (exact) mass is 311 g/mol. The Hall–Kier alpha value is -1.40. The van der Waals surface area contributed by atoms with Gasteiger partial charge in [0.2, 0.25) is 10.0 Å². The second kappa shape index (κ2) is 5.42. The van der Waals surface area contributed by atoms with Crippen molar-refractivity contribution >= 4 is 16.0 Å². The summed E-state index contributed by atoms with van der Waals surface area (Å²) in [6, 6.07) is 2.73. The molecule has 5 nitrogen and oxygen atoms in total. The molecule has 0 aromatic heterocycles. The molecule has 1 aliphatic rings. The minimum absolute atomic E-state index is 0.00454. The highest BCUT2D eigenvalue weighted by molar-refractivity contribution is 7.89. The van der Waals surface area contributed by atoms with Gasteiger partial charge in [0.1, 0.15) is 0 Å². The number of carbonyl (C=O) groups is 1. The molecule has 0 aliphatic heterocycles. The van der Waals surface area contributed by atoms with Crippen LogP contribution in [0.25, 0.3) is 0 Å². The van der Waals surface area contributed by atoms with E-state index in [-0.39, 0.29) is 15.9 Å². The van der Waals surface area contributed by atoms with Crippen LogP contribution in [0.1, 0.15) is 47.7 Å². The molecular formula is C15H21NO4S. The summed E-state index contributed by atoms with van der Waals surface area (Å²) in [5, 5.41) is 9.08. The van der Waals surface area contributed by atoms with Crippen molar-refractivity contribution in [3.05, 3.63) is 28.8 Å². The summed E-state index contributed by atoms with van der Waals surface area (Å²) in [5.74, 6) is -1.12. The van der Waals surface area contributed by atoms with Crippen molar-refractivity contribution in [1.29, 1.82) is 0 Å². The van der Waals surface area contributed by atoms with Crippen molar-refractivity contribution < 1.29 is 18.3 Å². The van der Waals surface area contributed by atoms with E-state index in [1.807, 2.05) is 0 Å². The summed E-state index contributed by atoms with van der Waals surface area (Å²) in [7, 11) is -3.69. The molecule has 0 saturated heterocycles. The molecule has 1 fully saturated rings. The molecular weight excluding hydrogens is 290 g/mol. The summed E-state index contributed by atoms with van der Waals surface area (Å²) < 4.78 is 27.6. The largest absolute Gasteiger partial charge is 0.478 e. The highest BCUT2D eigenvalue weighted by Crippen LogP contribution is 2.48. The number of hydrogen-bond donors (Lipinski definition) is 2. The lowest BCUT2D eigenvalue weighted by Crippen LogP contribution is -2.30. The van der Waals surface area contributed by atoms with Crippen LogP contribution in [0.4, 0.5) is 0 Å². The van der Waals surface area contributed by atoms with Crippen LogP contribution in [0.3, 0.4) is 0 Å². The molecule has 0 radical (unpaired) electrons. The molecule has 0 unspecified atom stereocenters. The Morgan fingerprint density at radius 1 is 1.33 bits per heavy atom. The van der Waals surface area contributed by atoms with E-state index in [9.17, 15) is 13.2 Å². The summed E-state index contributed by atoms with van der Waals surface area (Å²) in [5.41, 5.74) is 1.34. The molecule has 0 heterocycles. The van der Waals surface area contributed by atoms with E-state index in [1.54, 1.807) is 13.8 Å². The van der Waals surface area contributed by atoms with Gasteiger partial charge in [0.25, 0.3) is 0 Å². The van der Waals surface area contributed by atoms with E-state index in [2.05, 4.69) is 11.6 Å². The first-order valence-corrected chi connectivity index (χ1v) is 8.53. The van der Waals surface area contributed by atoms with Crippen molar-refractivity contribution in [3.63, 3.8) is 0 Å². The Labute approximate surface area is 125 Å². The van der Waals surface area contributed by atoms with Crippen molar-refractivity contribution in [2.45, 2.75) is 44.9 Å². The van der Waals surface area contributed by atoms with Gasteiger partial charge in [-0.25, -0.2) is 17.9 Å². The van der Waals surface area contributed by atoms with Crippen LogP contribution in [-0.2, 0) is 10.0 Å². The highest BCUT2D eigenvalue weighted by Gasteiger charge is 2.41. The number of aryl methyl sites for hydroxylation is 1. The number of rotatable bonds is 6. The Kier molecular flexibility index (Phi) is 4.13. The van der Waals surface area contributed by atoms with Gasteiger partial charge in [0.15, 0.2) is 0 Å². The van der Waals surface area contributed by atoms with Crippen LogP contribution in [0.5, 0.6) is 0 Å². The molecule has 2 N–H and O–H groups in total. The molecule has 1 aromatic carbocycles. The normalized spacial score (nSPS) is 16.7. The maximum absolute atomic E-state index is 12.5. The van der Waals surface area contributed by atoms with Crippen molar-refractivity contribution in [2.75, 3.05) is 6.54 Å². The molecule has 6 heteroatoms. The first-order valence-electron chi connectivity index (χ1n) is 7.05. The predicted molar refractivity (Wildman–Crippen MR) is 80.0 cm³/mol. The Morgan fingerprint density at radius 2 is 1.95 bits per heavy atom. The molecule has 0 amide bonds. The van der Waals surface area contributed by atoms with Crippen LogP contribution in [0.15, 0.2) is 17.0 Å². The Bertz CT molecular complexity index is 675. The van der Waals surface area contributed by atoms with Crippen LogP contribution >= 0.6 is 0 Å². The topological polar surface area (TPSA) is 83.5 Å². The van der Waals surface area contributed by atoms with E-state index >= 15 is 0 Å². The third kappa shape index (κ3) is 3.27. The van der Waals surface area contributed by atoms with Gasteiger partial charge in [-0.2, -0.15) is 0 Å². The fraction of sp³-hybridized carbons (Fsp3) is 0.533. The third-order valence-corrected chi connectivity index (χ3v) is 6.03. The number of carboxylic acid groups (broad SMARTS) is 1. The Morgan fingerprint density at radius 3 is 2.43 bits per heavy atom. The molecule has 0 bridgehead atoms. The number of aromatic carboxylic acids is 1. The van der Waals surface area contributed by atoms with Gasteiger partial charge >= 0.3 is 5.97 Å². The molecule has 2 rings (SSSR count). The minimum atomic E-state index is -3.69. The summed E-state index contributed by atoms with van der Waals surface area (Å²) >= 11 is 0. The average Bonchev–Trinajstić information content (AvgIpc) is 3.20. The number of benzene rings is 1. The standard InChI is InChI=1S/C15H21NO4S/c1-4-15(5-6-15)9-16-21(19,20)13-8-12(14(17)18)7-10(2)11(13)3/h7-8,16H,4-6,9H2,1-3H3,(H,17,18). The molecule has 1 aliphatic carbocycles. The number of carboxylic acids is 1. The third-order valence-electron chi connectivity index (χ3n) is 4.50. The van der Waals surface area contributed by atoms with Crippen molar-refractivity contribution in [1.82, 2.24) is 4.72 Å². The van der Waals surface area contributed by atoms with E-state index in [0.717, 1.165) is 19.3 Å². The fourth-order valence-corrected chi connectivity index (χ4v) is 3.89. The van der Waals surface area contributed by atoms with E-state index in [4.69, 9.17) is 5.11 Å². The SMILES string of the molecule is CCC1(CNS(=O)(=O)c2cc(C(=O)O)cc(C)c2C)CC1. The van der Waals surface area contributed by atoms with Gasteiger partial charge in [-0.15, -0.1) is 0 Å². The zero-order valence-electron chi connectivity index (χ0n) is 12.6. The molecule has 0 atom stereocenters. The van der Waals surface area contributed by atoms with Gasteiger partial charge in [-0.05, 0) is 61.8 Å². The van der Waals surface area contributed by atoms with Gasteiger partial charge in [-0.1, -0.05) is 6.92 Å². The van der Waals surface area contributed by atoms with E-state index in [0.29, 0.717) is 17.7 Å². The van der Waals surface area contributed by atoms with Gasteiger partial charge < -0.3 is 5.11 Å². The van der Waals surface area contributed by atoms with Gasteiger partial charge in [-0.3, -0.25) is 0 Å². The zero-order valence-corrected chi connectivity index (χ0v) is 13.4. The molecule has 0 spiro atoms. The van der Waals surface area contributed by atoms with Crippen LogP contribution in [0.2, 0.25) is 0 Å². The lowest BCUT2D eigenvalue weighted by molar-refractivity contribution is 0.0696. The first-order chi connectivity index (χ1) is 9.71. The Balaban J connectivity index is 2.33. The highest BCUT2D eigenvalue weighted by atomic mass is 32.2. The molecule has 1 aromatic rings. The summed E-state index contributed by atoms with van der Waals surface area (Å²) in [6.07, 6.45) is 3.03. The molecule has 1 saturated carbocycles. The van der Waals surface area contributed by atoms with Crippen LogP contribution in [-0.4, -0.2) is 26.0 Å². The summed E-state index contributed by atoms with van der Waals surface area (Å²) in [6.45, 7) is 5.89. The maximum atomic E-state index is 12.5. The quantitative estimate of drug-likeness (QED) is 0.845. The fourth-order valence-electron chi connectivity index (χ4n) is 2.39. The van der Waals surface area contributed by atoms with E-state index < -0.39 is 16.0 Å². The van der Waals surface area contributed by atoms with Crippen LogP contribution < -0.4 is 4.72 Å². The average molecular weight is 311 g/mol. The van der Waals surface area contributed by atoms with Gasteiger partial charge in [0, 0.05) is 6.54 Å². The number of sulfonamides is 1. The summed E-state index contributed by atoms with van der Waals surface area (Å²) in [4.78, 5) is 11.2. The number of nitrogens with one attached hydrogen (secondary N) is 1. The molecule has 116 valence electrons. The minimum Gasteiger partial charge on any atom is -0.478 e. The van der Waals surface area contributed by atoms with Crippen molar-refractivity contribution in [2.24, 2.45) is 5.41 Å². The second-order valence-corrected chi connectivity index (χ2v) is 7.63. The van der Waals surface area contributed by atoms with Crippen LogP contribution in [0, 0.1) is 19.3 Å². The second-order valence-electron chi connectivity index (χ2n) is 5.90. The predicted octanol–water partition coefficient (Wildman–Crippen LogP) is 2.47. The maximum Gasteiger partial charge on any atom is 0.335 e. The first kappa shape index (κ1) is 16.0. The van der Waals surface area contributed by atoms with E-state index in [1.165, 1.54) is 12.1 Å². The lowest BCUT2D eigenvalue weighted by atomic mass is 10.1. The lowest BCUT2D eigenvalue weighted by Gasteiger charge is -2.16. The number of hydrogen-bond acceptors (Lipinski definition) is 3. The zero-order chi connectivity index (χ0) is 15.8. The van der Waals surface area contributed by atoms with Gasteiger partial charge in [0.05, 0.1) is 10.5 Å². The smallest absolute Gasteiger partial charge is 0.335 e. The van der Waals surface area contributed by atoms with Crippen molar-refractivity contribution in [3.8, 4) is 0 Å².